The molecule has 0 saturated carbocycles. The highest BCUT2D eigenvalue weighted by atomic mass is 79.9. The van der Waals surface area contributed by atoms with Gasteiger partial charge in [-0.05, 0) is 49.2 Å². The van der Waals surface area contributed by atoms with Gasteiger partial charge >= 0.3 is 5.97 Å². The number of aryl methyl sites for hydroxylation is 2. The number of carboxylic acid groups (broad SMARTS) is 1. The summed E-state index contributed by atoms with van der Waals surface area (Å²) in [7, 11) is 0. The van der Waals surface area contributed by atoms with E-state index in [1.165, 1.54) is 12.1 Å². The van der Waals surface area contributed by atoms with Crippen LogP contribution in [0.3, 0.4) is 0 Å². The molecule has 3 nitrogen and oxygen atoms in total. The Labute approximate surface area is 131 Å². The van der Waals surface area contributed by atoms with Gasteiger partial charge in [0, 0.05) is 10.0 Å². The van der Waals surface area contributed by atoms with E-state index in [2.05, 4.69) is 15.9 Å². The molecule has 2 aromatic rings. The molecule has 4 heteroatoms. The second-order valence-corrected chi connectivity index (χ2v) is 5.80. The maximum absolute atomic E-state index is 11.6. The molecule has 2 rings (SSSR count). The van der Waals surface area contributed by atoms with Gasteiger partial charge in [0.2, 0.25) is 0 Å². The van der Waals surface area contributed by atoms with Crippen molar-refractivity contribution in [2.24, 2.45) is 0 Å². The van der Waals surface area contributed by atoms with Gasteiger partial charge in [-0.15, -0.1) is 0 Å². The molecule has 0 aliphatic carbocycles. The molecule has 0 spiro atoms. The predicted octanol–water partition coefficient (Wildman–Crippen LogP) is 4.40. The Kier molecular flexibility index (Phi) is 4.48. The summed E-state index contributed by atoms with van der Waals surface area (Å²) < 4.78 is 0.775. The summed E-state index contributed by atoms with van der Waals surface area (Å²) in [4.78, 5) is 11.6. The summed E-state index contributed by atoms with van der Waals surface area (Å²) in [5.74, 6) is -0.983. The zero-order valence-electron chi connectivity index (χ0n) is 11.7. The largest absolute Gasteiger partial charge is 0.507 e. The number of aromatic hydroxyl groups is 1. The van der Waals surface area contributed by atoms with Crippen LogP contribution in [-0.4, -0.2) is 16.2 Å². The fraction of sp³-hybridized carbons (Fsp3) is 0.118. The van der Waals surface area contributed by atoms with Gasteiger partial charge in [0.05, 0.1) is 5.57 Å². The molecule has 0 atom stereocenters. The van der Waals surface area contributed by atoms with Crippen molar-refractivity contribution in [1.29, 1.82) is 0 Å². The van der Waals surface area contributed by atoms with Crippen LogP contribution in [0, 0.1) is 13.8 Å². The number of phenolic OH excluding ortho intramolecular Hbond substituents is 1. The molecule has 0 aliphatic rings. The molecule has 2 aromatic carbocycles. The molecular formula is C17H15BrO3. The average Bonchev–Trinajstić information content (AvgIpc) is 2.40. The van der Waals surface area contributed by atoms with E-state index in [1.54, 1.807) is 18.2 Å². The Balaban J connectivity index is 2.60. The molecule has 0 saturated heterocycles. The van der Waals surface area contributed by atoms with Gasteiger partial charge in [0.15, 0.2) is 0 Å². The molecule has 21 heavy (non-hydrogen) atoms. The standard InChI is InChI=1S/C17H15BrO3/c1-10-3-5-14(11(2)7-10)15(17(20)21)9-12-8-13(18)4-6-16(12)19/h3-9,19H,1-2H3,(H,20,21)/b15-9-. The van der Waals surface area contributed by atoms with Crippen LogP contribution in [0.2, 0.25) is 0 Å². The van der Waals surface area contributed by atoms with E-state index in [-0.39, 0.29) is 11.3 Å². The lowest BCUT2D eigenvalue weighted by Crippen LogP contribution is -2.02. The molecule has 2 N–H and O–H groups in total. The molecule has 0 aliphatic heterocycles. The topological polar surface area (TPSA) is 57.5 Å². The Morgan fingerprint density at radius 3 is 2.48 bits per heavy atom. The summed E-state index contributed by atoms with van der Waals surface area (Å²) in [5, 5.41) is 19.3. The van der Waals surface area contributed by atoms with Crippen molar-refractivity contribution < 1.29 is 15.0 Å². The minimum Gasteiger partial charge on any atom is -0.507 e. The molecule has 0 bridgehead atoms. The number of halogens is 1. The van der Waals surface area contributed by atoms with Crippen molar-refractivity contribution in [2.45, 2.75) is 13.8 Å². The second kappa shape index (κ2) is 6.14. The minimum absolute atomic E-state index is 0.0433. The Hall–Kier alpha value is -2.07. The fourth-order valence-electron chi connectivity index (χ4n) is 2.17. The maximum Gasteiger partial charge on any atom is 0.336 e. The van der Waals surface area contributed by atoms with E-state index in [1.807, 2.05) is 26.0 Å². The highest BCUT2D eigenvalue weighted by molar-refractivity contribution is 9.10. The van der Waals surface area contributed by atoms with Crippen LogP contribution in [0.1, 0.15) is 22.3 Å². The van der Waals surface area contributed by atoms with Crippen molar-refractivity contribution in [2.75, 3.05) is 0 Å². The van der Waals surface area contributed by atoms with Crippen LogP contribution < -0.4 is 0 Å². The first-order chi connectivity index (χ1) is 9.88. The van der Waals surface area contributed by atoms with Gasteiger partial charge in [0.1, 0.15) is 5.75 Å². The van der Waals surface area contributed by atoms with Gasteiger partial charge in [-0.3, -0.25) is 0 Å². The van der Waals surface area contributed by atoms with Crippen LogP contribution in [0.25, 0.3) is 11.6 Å². The van der Waals surface area contributed by atoms with Crippen LogP contribution in [0.4, 0.5) is 0 Å². The normalized spacial score (nSPS) is 11.5. The summed E-state index contributed by atoms with van der Waals surface area (Å²) >= 11 is 3.32. The highest BCUT2D eigenvalue weighted by Crippen LogP contribution is 2.28. The fourth-order valence-corrected chi connectivity index (χ4v) is 2.55. The first-order valence-corrected chi connectivity index (χ1v) is 7.19. The van der Waals surface area contributed by atoms with Crippen LogP contribution in [0.5, 0.6) is 5.75 Å². The third-order valence-corrected chi connectivity index (χ3v) is 3.69. The summed E-state index contributed by atoms with van der Waals surface area (Å²) in [5.41, 5.74) is 3.22. The second-order valence-electron chi connectivity index (χ2n) is 4.88. The number of phenols is 1. The van der Waals surface area contributed by atoms with Gasteiger partial charge in [-0.2, -0.15) is 0 Å². The first-order valence-electron chi connectivity index (χ1n) is 6.39. The number of carboxylic acids is 1. The van der Waals surface area contributed by atoms with Gasteiger partial charge in [-0.1, -0.05) is 39.7 Å². The number of rotatable bonds is 3. The van der Waals surface area contributed by atoms with E-state index in [0.717, 1.165) is 15.6 Å². The van der Waals surface area contributed by atoms with Crippen LogP contribution in [-0.2, 0) is 4.79 Å². The van der Waals surface area contributed by atoms with Crippen molar-refractivity contribution in [3.63, 3.8) is 0 Å². The zero-order chi connectivity index (χ0) is 15.6. The number of hydrogen-bond donors (Lipinski definition) is 2. The highest BCUT2D eigenvalue weighted by Gasteiger charge is 2.14. The lowest BCUT2D eigenvalue weighted by Gasteiger charge is -2.09. The Bertz CT molecular complexity index is 733. The monoisotopic (exact) mass is 346 g/mol. The average molecular weight is 347 g/mol. The summed E-state index contributed by atoms with van der Waals surface area (Å²) in [6.07, 6.45) is 1.49. The molecule has 108 valence electrons. The van der Waals surface area contributed by atoms with E-state index < -0.39 is 5.97 Å². The third-order valence-electron chi connectivity index (χ3n) is 3.19. The minimum atomic E-state index is -1.03. The number of hydrogen-bond acceptors (Lipinski definition) is 2. The van der Waals surface area contributed by atoms with E-state index >= 15 is 0 Å². The van der Waals surface area contributed by atoms with Crippen molar-refractivity contribution in [3.8, 4) is 5.75 Å². The molecule has 0 fully saturated rings. The molecule has 0 radical (unpaired) electrons. The van der Waals surface area contributed by atoms with E-state index in [4.69, 9.17) is 0 Å². The van der Waals surface area contributed by atoms with Crippen molar-refractivity contribution in [1.82, 2.24) is 0 Å². The summed E-state index contributed by atoms with van der Waals surface area (Å²) in [6.45, 7) is 3.83. The first kappa shape index (κ1) is 15.3. The predicted molar refractivity (Wildman–Crippen MR) is 87.2 cm³/mol. The van der Waals surface area contributed by atoms with Crippen molar-refractivity contribution >= 4 is 33.5 Å². The third kappa shape index (κ3) is 3.52. The Morgan fingerprint density at radius 1 is 1.14 bits per heavy atom. The number of carbonyl (C=O) groups is 1. The quantitative estimate of drug-likeness (QED) is 0.639. The van der Waals surface area contributed by atoms with Crippen LogP contribution in [0.15, 0.2) is 40.9 Å². The smallest absolute Gasteiger partial charge is 0.336 e. The maximum atomic E-state index is 11.6. The van der Waals surface area contributed by atoms with Gasteiger partial charge in [0.25, 0.3) is 0 Å². The number of benzene rings is 2. The molecule has 0 aromatic heterocycles. The van der Waals surface area contributed by atoms with Gasteiger partial charge < -0.3 is 10.2 Å². The van der Waals surface area contributed by atoms with E-state index in [0.29, 0.717) is 11.1 Å². The van der Waals surface area contributed by atoms with E-state index in [9.17, 15) is 15.0 Å². The van der Waals surface area contributed by atoms with Crippen LogP contribution >= 0.6 is 15.9 Å². The Morgan fingerprint density at radius 2 is 1.86 bits per heavy atom. The molecule has 0 heterocycles. The molecular weight excluding hydrogens is 332 g/mol. The lowest BCUT2D eigenvalue weighted by molar-refractivity contribution is -0.130. The zero-order valence-corrected chi connectivity index (χ0v) is 13.3. The SMILES string of the molecule is Cc1ccc(/C(=C/c2cc(Br)ccc2O)C(=O)O)c(C)c1. The molecule has 0 unspecified atom stereocenters. The van der Waals surface area contributed by atoms with Crippen molar-refractivity contribution in [3.05, 3.63) is 63.1 Å². The van der Waals surface area contributed by atoms with Gasteiger partial charge in [-0.25, -0.2) is 4.79 Å². The lowest BCUT2D eigenvalue weighted by atomic mass is 9.97. The molecule has 0 amide bonds. The number of aliphatic carboxylic acids is 1. The summed E-state index contributed by atoms with van der Waals surface area (Å²) in [6, 6.07) is 10.5.